The normalized spacial score (nSPS) is 11.6. The van der Waals surface area contributed by atoms with Crippen LogP contribution in [0.4, 0.5) is 0 Å². The van der Waals surface area contributed by atoms with Gasteiger partial charge in [-0.2, -0.15) is 0 Å². The van der Waals surface area contributed by atoms with Crippen molar-refractivity contribution in [3.05, 3.63) is 47.9 Å². The molecule has 96 valence electrons. The molecule has 0 atom stereocenters. The Morgan fingerprint density at radius 2 is 1.94 bits per heavy atom. The van der Waals surface area contributed by atoms with Gasteiger partial charge in [-0.3, -0.25) is 0 Å². The van der Waals surface area contributed by atoms with Crippen molar-refractivity contribution >= 4 is 26.0 Å². The lowest BCUT2D eigenvalue weighted by Gasteiger charge is -2.05. The molecule has 2 aromatic rings. The van der Waals surface area contributed by atoms with Crippen molar-refractivity contribution in [3.63, 3.8) is 0 Å². The lowest BCUT2D eigenvalue weighted by atomic mass is 10.2. The number of aromatic nitrogens is 1. The molecule has 0 bridgehead atoms. The standard InChI is InChI=1S/C11H11BrN2O3S/c12-7-9-1-3-11(4-2-9)18(15,16)14-8-10-5-6-13-17-10/h1-6,14H,7-8H2. The molecule has 0 saturated heterocycles. The highest BCUT2D eigenvalue weighted by molar-refractivity contribution is 9.08. The molecule has 0 fully saturated rings. The second-order valence-corrected chi connectivity index (χ2v) is 5.91. The van der Waals surface area contributed by atoms with Crippen LogP contribution in [0.15, 0.2) is 45.9 Å². The van der Waals surface area contributed by atoms with Gasteiger partial charge >= 0.3 is 0 Å². The summed E-state index contributed by atoms with van der Waals surface area (Å²) in [7, 11) is -3.51. The van der Waals surface area contributed by atoms with Gasteiger partial charge in [0.2, 0.25) is 10.0 Å². The topological polar surface area (TPSA) is 72.2 Å². The van der Waals surface area contributed by atoms with E-state index in [9.17, 15) is 8.42 Å². The minimum absolute atomic E-state index is 0.0858. The lowest BCUT2D eigenvalue weighted by Crippen LogP contribution is -2.22. The van der Waals surface area contributed by atoms with Crippen LogP contribution in [0, 0.1) is 0 Å². The minimum Gasteiger partial charge on any atom is -0.360 e. The molecule has 1 heterocycles. The van der Waals surface area contributed by atoms with Crippen molar-refractivity contribution in [1.29, 1.82) is 0 Å². The fourth-order valence-electron chi connectivity index (χ4n) is 1.34. The van der Waals surface area contributed by atoms with Gasteiger partial charge < -0.3 is 4.52 Å². The van der Waals surface area contributed by atoms with Crippen molar-refractivity contribution < 1.29 is 12.9 Å². The highest BCUT2D eigenvalue weighted by Gasteiger charge is 2.14. The number of hydrogen-bond donors (Lipinski definition) is 1. The van der Waals surface area contributed by atoms with Gasteiger partial charge in [0.15, 0.2) is 5.76 Å². The van der Waals surface area contributed by atoms with Gasteiger partial charge in [-0.1, -0.05) is 33.2 Å². The maximum absolute atomic E-state index is 11.9. The molecule has 1 aromatic heterocycles. The van der Waals surface area contributed by atoms with Crippen LogP contribution in [0.2, 0.25) is 0 Å². The molecule has 7 heteroatoms. The fraction of sp³-hybridized carbons (Fsp3) is 0.182. The lowest BCUT2D eigenvalue weighted by molar-refractivity contribution is 0.380. The first-order chi connectivity index (χ1) is 8.62. The van der Waals surface area contributed by atoms with Crippen molar-refractivity contribution in [2.75, 3.05) is 0 Å². The summed E-state index contributed by atoms with van der Waals surface area (Å²) in [5.74, 6) is 0.468. The van der Waals surface area contributed by atoms with Crippen LogP contribution in [0.5, 0.6) is 0 Å². The molecule has 0 aliphatic carbocycles. The molecule has 0 aliphatic heterocycles. The average Bonchev–Trinajstić information content (AvgIpc) is 2.90. The summed E-state index contributed by atoms with van der Waals surface area (Å²) < 4.78 is 31.1. The SMILES string of the molecule is O=S(=O)(NCc1ccno1)c1ccc(CBr)cc1. The zero-order valence-electron chi connectivity index (χ0n) is 9.34. The fourth-order valence-corrected chi connectivity index (χ4v) is 2.71. The molecule has 0 saturated carbocycles. The van der Waals surface area contributed by atoms with E-state index in [0.29, 0.717) is 11.1 Å². The quantitative estimate of drug-likeness (QED) is 0.851. The first kappa shape index (κ1) is 13.3. The molecular weight excluding hydrogens is 320 g/mol. The summed E-state index contributed by atoms with van der Waals surface area (Å²) in [4.78, 5) is 0.228. The number of halogens is 1. The Morgan fingerprint density at radius 1 is 1.22 bits per heavy atom. The Balaban J connectivity index is 2.09. The molecule has 0 amide bonds. The summed E-state index contributed by atoms with van der Waals surface area (Å²) in [6, 6.07) is 8.27. The third kappa shape index (κ3) is 3.18. The van der Waals surface area contributed by atoms with Crippen LogP contribution in [0.1, 0.15) is 11.3 Å². The predicted molar refractivity (Wildman–Crippen MR) is 69.6 cm³/mol. The van der Waals surface area contributed by atoms with Crippen LogP contribution in [-0.4, -0.2) is 13.6 Å². The average molecular weight is 331 g/mol. The molecule has 0 unspecified atom stereocenters. The van der Waals surface area contributed by atoms with Gasteiger partial charge in [-0.05, 0) is 17.7 Å². The molecule has 5 nitrogen and oxygen atoms in total. The summed E-state index contributed by atoms with van der Waals surface area (Å²) in [6.45, 7) is 0.0858. The number of nitrogens with one attached hydrogen (secondary N) is 1. The van der Waals surface area contributed by atoms with E-state index in [1.54, 1.807) is 30.3 Å². The van der Waals surface area contributed by atoms with E-state index in [4.69, 9.17) is 4.52 Å². The van der Waals surface area contributed by atoms with Gasteiger partial charge in [0.1, 0.15) is 0 Å². The van der Waals surface area contributed by atoms with Gasteiger partial charge in [0, 0.05) is 11.4 Å². The number of benzene rings is 1. The Kier molecular flexibility index (Phi) is 4.15. The maximum atomic E-state index is 11.9. The molecule has 2 rings (SSSR count). The number of hydrogen-bond acceptors (Lipinski definition) is 4. The smallest absolute Gasteiger partial charge is 0.240 e. The van der Waals surface area contributed by atoms with Crippen LogP contribution in [0.25, 0.3) is 0 Å². The van der Waals surface area contributed by atoms with E-state index in [1.807, 2.05) is 0 Å². The third-order valence-corrected chi connectivity index (χ3v) is 4.38. The van der Waals surface area contributed by atoms with Crippen molar-refractivity contribution in [1.82, 2.24) is 9.88 Å². The van der Waals surface area contributed by atoms with Crippen molar-refractivity contribution in [2.45, 2.75) is 16.8 Å². The van der Waals surface area contributed by atoms with Crippen LogP contribution in [0.3, 0.4) is 0 Å². The van der Waals surface area contributed by atoms with E-state index in [1.165, 1.54) is 6.20 Å². The van der Waals surface area contributed by atoms with E-state index in [2.05, 4.69) is 25.8 Å². The molecule has 18 heavy (non-hydrogen) atoms. The number of sulfonamides is 1. The Bertz CT molecular complexity index is 594. The third-order valence-electron chi connectivity index (χ3n) is 2.32. The van der Waals surface area contributed by atoms with Gasteiger partial charge in [-0.15, -0.1) is 0 Å². The molecule has 0 radical (unpaired) electrons. The molecule has 1 aromatic carbocycles. The minimum atomic E-state index is -3.51. The largest absolute Gasteiger partial charge is 0.360 e. The molecular formula is C11H11BrN2O3S. The second-order valence-electron chi connectivity index (χ2n) is 3.58. The molecule has 0 spiro atoms. The Labute approximate surface area is 113 Å². The van der Waals surface area contributed by atoms with E-state index < -0.39 is 10.0 Å². The summed E-state index contributed by atoms with van der Waals surface area (Å²) in [6.07, 6.45) is 1.47. The summed E-state index contributed by atoms with van der Waals surface area (Å²) in [5.41, 5.74) is 1.02. The van der Waals surface area contributed by atoms with Gasteiger partial charge in [-0.25, -0.2) is 13.1 Å². The monoisotopic (exact) mass is 330 g/mol. The van der Waals surface area contributed by atoms with Gasteiger partial charge in [0.05, 0.1) is 17.6 Å². The zero-order valence-corrected chi connectivity index (χ0v) is 11.7. The first-order valence-corrected chi connectivity index (χ1v) is 7.76. The summed E-state index contributed by atoms with van der Waals surface area (Å²) in [5, 5.41) is 4.20. The molecule has 1 N–H and O–H groups in total. The van der Waals surface area contributed by atoms with Crippen molar-refractivity contribution in [3.8, 4) is 0 Å². The van der Waals surface area contributed by atoms with Crippen molar-refractivity contribution in [2.24, 2.45) is 0 Å². The van der Waals surface area contributed by atoms with Crippen LogP contribution >= 0.6 is 15.9 Å². The highest BCUT2D eigenvalue weighted by Crippen LogP contribution is 2.13. The number of nitrogens with zero attached hydrogens (tertiary/aromatic N) is 1. The number of alkyl halides is 1. The first-order valence-electron chi connectivity index (χ1n) is 5.16. The second kappa shape index (κ2) is 5.64. The Hall–Kier alpha value is -1.18. The van der Waals surface area contributed by atoms with E-state index >= 15 is 0 Å². The zero-order chi connectivity index (χ0) is 13.0. The molecule has 0 aliphatic rings. The van der Waals surface area contributed by atoms with E-state index in [-0.39, 0.29) is 11.4 Å². The highest BCUT2D eigenvalue weighted by atomic mass is 79.9. The Morgan fingerprint density at radius 3 is 2.50 bits per heavy atom. The van der Waals surface area contributed by atoms with Crippen LogP contribution < -0.4 is 4.72 Å². The number of rotatable bonds is 5. The maximum Gasteiger partial charge on any atom is 0.240 e. The van der Waals surface area contributed by atoms with E-state index in [0.717, 1.165) is 5.56 Å². The summed E-state index contributed by atoms with van der Waals surface area (Å²) >= 11 is 3.30. The van der Waals surface area contributed by atoms with Crippen LogP contribution in [-0.2, 0) is 21.9 Å². The predicted octanol–water partition coefficient (Wildman–Crippen LogP) is 2.05. The van der Waals surface area contributed by atoms with Gasteiger partial charge in [0.25, 0.3) is 0 Å².